The van der Waals surface area contributed by atoms with E-state index in [1.54, 1.807) is 7.11 Å². The second kappa shape index (κ2) is 6.59. The van der Waals surface area contributed by atoms with E-state index in [1.165, 1.54) is 23.4 Å². The average molecular weight is 382 g/mol. The van der Waals surface area contributed by atoms with Crippen molar-refractivity contribution in [2.45, 2.75) is 51.0 Å². The first-order valence-corrected chi connectivity index (χ1v) is 9.79. The van der Waals surface area contributed by atoms with Crippen molar-refractivity contribution in [3.05, 3.63) is 41.5 Å². The highest BCUT2D eigenvalue weighted by Gasteiger charge is 2.61. The highest BCUT2D eigenvalue weighted by atomic mass is 16.5. The minimum Gasteiger partial charge on any atom is -0.497 e. The molecule has 1 saturated carbocycles. The zero-order valence-electron chi connectivity index (χ0n) is 16.6. The molecule has 0 radical (unpaired) electrons. The van der Waals surface area contributed by atoms with Crippen LogP contribution in [0.1, 0.15) is 50.2 Å². The van der Waals surface area contributed by atoms with Crippen molar-refractivity contribution in [3.8, 4) is 5.75 Å². The maximum atomic E-state index is 12.8. The van der Waals surface area contributed by atoms with Crippen molar-refractivity contribution in [1.29, 1.82) is 0 Å². The quantitative estimate of drug-likeness (QED) is 0.819. The number of fused-ring (bicyclic) bond motifs is 5. The molecule has 5 nitrogen and oxygen atoms in total. The first-order valence-electron chi connectivity index (χ1n) is 9.79. The van der Waals surface area contributed by atoms with E-state index >= 15 is 0 Å². The Morgan fingerprint density at radius 1 is 1.21 bits per heavy atom. The molecule has 28 heavy (non-hydrogen) atoms. The smallest absolute Gasteiger partial charge is 0.303 e. The molecule has 1 fully saturated rings. The van der Waals surface area contributed by atoms with Crippen LogP contribution in [-0.4, -0.2) is 36.2 Å². The Morgan fingerprint density at radius 2 is 2.00 bits per heavy atom. The Bertz CT molecular complexity index is 965. The van der Waals surface area contributed by atoms with E-state index in [2.05, 4.69) is 18.2 Å². The third kappa shape index (κ3) is 2.64. The van der Waals surface area contributed by atoms with Gasteiger partial charge in [-0.15, -0.1) is 0 Å². The molecule has 2 aliphatic rings. The molecule has 0 amide bonds. The average Bonchev–Trinajstić information content (AvgIpc) is 2.97. The van der Waals surface area contributed by atoms with E-state index in [0.717, 1.165) is 30.4 Å². The zero-order valence-corrected chi connectivity index (χ0v) is 16.6. The maximum Gasteiger partial charge on any atom is 0.303 e. The highest BCUT2D eigenvalue weighted by Crippen LogP contribution is 2.61. The predicted molar refractivity (Wildman–Crippen MR) is 105 cm³/mol. The minimum absolute atomic E-state index is 0.106. The van der Waals surface area contributed by atoms with Crippen molar-refractivity contribution >= 4 is 22.5 Å². The molecule has 2 aromatic rings. The number of methoxy groups -OCH3 is 1. The summed E-state index contributed by atoms with van der Waals surface area (Å²) in [5.74, 6) is 0.0441. The molecule has 3 atom stereocenters. The standard InChI is InChI=1S/C23H26O5/c1-14(24)28-13-21(25)23(26)11-9-20-19-6-4-15-12-16(27-3)5-7-17(15)18(19)8-10-22(20,23)2/h4-7,12,20,26H,8-11,13H2,1-3H3/t20-,22-,23-/m0/s1. The fraction of sp³-hybridized carbons (Fsp3) is 0.478. The second-order valence-electron chi connectivity index (χ2n) is 8.29. The summed E-state index contributed by atoms with van der Waals surface area (Å²) in [4.78, 5) is 23.9. The molecule has 0 unspecified atom stereocenters. The molecular formula is C23H26O5. The van der Waals surface area contributed by atoms with Gasteiger partial charge < -0.3 is 14.6 Å². The number of carbonyl (C=O) groups excluding carboxylic acids is 2. The maximum absolute atomic E-state index is 12.8. The Labute approximate surface area is 164 Å². The van der Waals surface area contributed by atoms with Crippen LogP contribution in [0.15, 0.2) is 30.3 Å². The lowest BCUT2D eigenvalue weighted by molar-refractivity contribution is -0.161. The van der Waals surface area contributed by atoms with E-state index in [-0.39, 0.29) is 18.3 Å². The van der Waals surface area contributed by atoms with Gasteiger partial charge in [0.05, 0.1) is 7.11 Å². The van der Waals surface area contributed by atoms with Crippen molar-refractivity contribution in [2.24, 2.45) is 5.41 Å². The lowest BCUT2D eigenvalue weighted by Gasteiger charge is -2.45. The Hall–Kier alpha value is -2.40. The monoisotopic (exact) mass is 382 g/mol. The summed E-state index contributed by atoms with van der Waals surface area (Å²) >= 11 is 0. The fourth-order valence-electron chi connectivity index (χ4n) is 5.38. The van der Waals surface area contributed by atoms with Crippen LogP contribution in [0.5, 0.6) is 5.75 Å². The van der Waals surface area contributed by atoms with Crippen LogP contribution in [0.25, 0.3) is 10.8 Å². The van der Waals surface area contributed by atoms with Gasteiger partial charge in [0.25, 0.3) is 0 Å². The zero-order chi connectivity index (χ0) is 20.1. The van der Waals surface area contributed by atoms with Crippen LogP contribution in [0.4, 0.5) is 0 Å². The van der Waals surface area contributed by atoms with Gasteiger partial charge in [-0.05, 0) is 65.6 Å². The second-order valence-corrected chi connectivity index (χ2v) is 8.29. The summed E-state index contributed by atoms with van der Waals surface area (Å²) in [6, 6.07) is 10.4. The summed E-state index contributed by atoms with van der Waals surface area (Å²) in [6.45, 7) is 2.92. The summed E-state index contributed by atoms with van der Waals surface area (Å²) in [7, 11) is 1.66. The normalized spacial score (nSPS) is 28.5. The van der Waals surface area contributed by atoms with E-state index in [1.807, 2.05) is 19.1 Å². The van der Waals surface area contributed by atoms with E-state index in [9.17, 15) is 14.7 Å². The molecule has 0 heterocycles. The molecule has 2 aromatic carbocycles. The number of hydrogen-bond donors (Lipinski definition) is 1. The van der Waals surface area contributed by atoms with Crippen molar-refractivity contribution in [1.82, 2.24) is 0 Å². The van der Waals surface area contributed by atoms with E-state index in [4.69, 9.17) is 9.47 Å². The first kappa shape index (κ1) is 18.9. The number of Topliss-reactive ketones (excluding diaryl/α,β-unsaturated/α-hetero) is 1. The van der Waals surface area contributed by atoms with Gasteiger partial charge in [0.1, 0.15) is 11.4 Å². The summed E-state index contributed by atoms with van der Waals surface area (Å²) < 4.78 is 10.2. The largest absolute Gasteiger partial charge is 0.497 e. The van der Waals surface area contributed by atoms with Crippen LogP contribution in [0.3, 0.4) is 0 Å². The number of benzene rings is 2. The number of hydrogen-bond acceptors (Lipinski definition) is 5. The minimum atomic E-state index is -1.46. The van der Waals surface area contributed by atoms with Gasteiger partial charge in [0.15, 0.2) is 6.61 Å². The van der Waals surface area contributed by atoms with Gasteiger partial charge in [-0.25, -0.2) is 0 Å². The van der Waals surface area contributed by atoms with Crippen LogP contribution in [0, 0.1) is 5.41 Å². The summed E-state index contributed by atoms with van der Waals surface area (Å²) in [5, 5.41) is 13.7. The van der Waals surface area contributed by atoms with Crippen molar-refractivity contribution < 1.29 is 24.2 Å². The number of aliphatic hydroxyl groups is 1. The predicted octanol–water partition coefficient (Wildman–Crippen LogP) is 3.54. The summed E-state index contributed by atoms with van der Waals surface area (Å²) in [6.07, 6.45) is 2.66. The van der Waals surface area contributed by atoms with E-state index < -0.39 is 17.0 Å². The molecule has 148 valence electrons. The van der Waals surface area contributed by atoms with Crippen molar-refractivity contribution in [3.63, 3.8) is 0 Å². The van der Waals surface area contributed by atoms with Crippen LogP contribution in [0.2, 0.25) is 0 Å². The van der Waals surface area contributed by atoms with Gasteiger partial charge in [0.2, 0.25) is 5.78 Å². The van der Waals surface area contributed by atoms with Gasteiger partial charge >= 0.3 is 5.97 Å². The number of rotatable bonds is 4. The number of carbonyl (C=O) groups is 2. The molecule has 1 N–H and O–H groups in total. The molecule has 5 heteroatoms. The van der Waals surface area contributed by atoms with Gasteiger partial charge in [-0.3, -0.25) is 9.59 Å². The molecule has 0 aliphatic heterocycles. The van der Waals surface area contributed by atoms with Crippen molar-refractivity contribution in [2.75, 3.05) is 13.7 Å². The molecule has 2 aliphatic carbocycles. The highest BCUT2D eigenvalue weighted by molar-refractivity contribution is 5.92. The summed E-state index contributed by atoms with van der Waals surface area (Å²) in [5.41, 5.74) is 0.513. The Kier molecular flexibility index (Phi) is 4.46. The third-order valence-corrected chi connectivity index (χ3v) is 7.02. The third-order valence-electron chi connectivity index (χ3n) is 7.02. The van der Waals surface area contributed by atoms with Crippen LogP contribution in [-0.2, 0) is 20.7 Å². The van der Waals surface area contributed by atoms with Gasteiger partial charge in [0, 0.05) is 12.3 Å². The van der Waals surface area contributed by atoms with E-state index in [0.29, 0.717) is 6.42 Å². The fourth-order valence-corrected chi connectivity index (χ4v) is 5.38. The SMILES string of the molecule is COc1ccc2c3c(ccc2c1)[C@@H]1CC[C@](O)(C(=O)COC(C)=O)[C@@]1(C)CC3. The first-order chi connectivity index (χ1) is 13.3. The topological polar surface area (TPSA) is 72.8 Å². The lowest BCUT2D eigenvalue weighted by atomic mass is 9.60. The number of aryl methyl sites for hydroxylation is 1. The molecule has 0 bridgehead atoms. The number of ketones is 1. The Balaban J connectivity index is 1.72. The van der Waals surface area contributed by atoms with Crippen LogP contribution < -0.4 is 4.74 Å². The molecule has 0 aromatic heterocycles. The molecule has 0 spiro atoms. The molecular weight excluding hydrogens is 356 g/mol. The van der Waals surface area contributed by atoms with Gasteiger partial charge in [-0.2, -0.15) is 0 Å². The lowest BCUT2D eigenvalue weighted by Crippen LogP contribution is -2.53. The number of esters is 1. The van der Waals surface area contributed by atoms with Gasteiger partial charge in [-0.1, -0.05) is 25.1 Å². The Morgan fingerprint density at radius 3 is 2.71 bits per heavy atom. The molecule has 4 rings (SSSR count). The number of ether oxygens (including phenoxy) is 2. The molecule has 0 saturated heterocycles. The van der Waals surface area contributed by atoms with Crippen LogP contribution >= 0.6 is 0 Å².